The predicted molar refractivity (Wildman–Crippen MR) is 105 cm³/mol. The van der Waals surface area contributed by atoms with Gasteiger partial charge in [-0.15, -0.1) is 0 Å². The number of phosphoric acid groups is 3. The molecule has 34 heavy (non-hydrogen) atoms. The Balaban J connectivity index is 2.41. The number of hydrogen-bond donors (Lipinski definition) is 6. The number of nitrogens with zero attached hydrogens (tertiary/aromatic N) is 2. The highest BCUT2D eigenvalue weighted by atomic mass is 31.3. The van der Waals surface area contributed by atoms with Gasteiger partial charge < -0.3 is 29.4 Å². The first-order valence-electron chi connectivity index (χ1n) is 8.46. The van der Waals surface area contributed by atoms with Gasteiger partial charge in [0.15, 0.2) is 23.5 Å². The van der Waals surface area contributed by atoms with Crippen molar-refractivity contribution in [2.24, 2.45) is 5.18 Å². The van der Waals surface area contributed by atoms with Crippen molar-refractivity contribution in [3.8, 4) is 0 Å². The zero-order valence-corrected chi connectivity index (χ0v) is 19.1. The molecule has 0 aliphatic carbocycles. The van der Waals surface area contributed by atoms with Crippen molar-refractivity contribution in [2.45, 2.75) is 23.5 Å². The largest absolute Gasteiger partial charge is 0.490 e. The van der Waals surface area contributed by atoms with Gasteiger partial charge in [0, 0.05) is 12.3 Å². The third kappa shape index (κ3) is 6.09. The van der Waals surface area contributed by atoms with Gasteiger partial charge in [0.25, 0.3) is 5.56 Å². The zero-order valence-electron chi connectivity index (χ0n) is 16.4. The Bertz CT molecular complexity index is 1210. The predicted octanol–water partition coefficient (Wildman–Crippen LogP) is -0.831. The lowest BCUT2D eigenvalue weighted by Gasteiger charge is -2.30. The molecule has 0 spiro atoms. The number of aromatic nitrogens is 2. The highest BCUT2D eigenvalue weighted by molar-refractivity contribution is 7.66. The van der Waals surface area contributed by atoms with Gasteiger partial charge in [-0.25, -0.2) is 22.9 Å². The van der Waals surface area contributed by atoms with Gasteiger partial charge in [0.1, 0.15) is 6.67 Å². The van der Waals surface area contributed by atoms with Crippen LogP contribution in [0.15, 0.2) is 39.7 Å². The molecule has 192 valence electrons. The lowest BCUT2D eigenvalue weighted by molar-refractivity contribution is -0.127. The van der Waals surface area contributed by atoms with Gasteiger partial charge >= 0.3 is 29.2 Å². The minimum atomic E-state index is -5.92. The van der Waals surface area contributed by atoms with Crippen LogP contribution in [0.25, 0.3) is 0 Å². The number of aromatic amines is 1. The first-order chi connectivity index (χ1) is 15.4. The molecule has 2 heterocycles. The number of nitrogens with one attached hydrogen (secondary N) is 1. The van der Waals surface area contributed by atoms with Gasteiger partial charge in [-0.2, -0.15) is 13.5 Å². The molecule has 0 bridgehead atoms. The van der Waals surface area contributed by atoms with Crippen molar-refractivity contribution in [3.63, 3.8) is 0 Å². The number of alkyl halides is 1. The summed E-state index contributed by atoms with van der Waals surface area (Å²) in [6.45, 7) is -0.0490. The van der Waals surface area contributed by atoms with Crippen LogP contribution < -0.4 is 11.2 Å². The van der Waals surface area contributed by atoms with Crippen LogP contribution in [-0.2, 0) is 31.6 Å². The second kappa shape index (κ2) is 9.73. The fourth-order valence-electron chi connectivity index (χ4n) is 2.97. The fourth-order valence-corrected chi connectivity index (χ4v) is 6.05. The number of aliphatic hydroxyl groups is 1. The van der Waals surface area contributed by atoms with Crippen molar-refractivity contribution < 1.29 is 60.6 Å². The van der Waals surface area contributed by atoms with E-state index in [1.165, 1.54) is 0 Å². The SMILES string of the molecule is C=C[C@@]1(O)[C@H](N=O)[C@@](CF)(COP(=O)(O)OP(=O)(O)OP(=O)(O)O)O[C@H]1n1ccc(=O)[nH]c1=O. The Morgan fingerprint density at radius 3 is 2.32 bits per heavy atom. The lowest BCUT2D eigenvalue weighted by Crippen LogP contribution is -2.52. The van der Waals surface area contributed by atoms with Crippen LogP contribution in [0.2, 0.25) is 0 Å². The second-order valence-corrected chi connectivity index (χ2v) is 11.1. The van der Waals surface area contributed by atoms with Crippen LogP contribution in [0, 0.1) is 4.91 Å². The van der Waals surface area contributed by atoms with E-state index in [0.29, 0.717) is 10.6 Å². The molecule has 18 nitrogen and oxygen atoms in total. The van der Waals surface area contributed by atoms with E-state index in [1.54, 1.807) is 0 Å². The maximum absolute atomic E-state index is 14.1. The molecule has 1 aliphatic rings. The van der Waals surface area contributed by atoms with E-state index in [2.05, 4.69) is 24.9 Å². The minimum Gasteiger partial charge on any atom is -0.378 e. The summed E-state index contributed by atoms with van der Waals surface area (Å²) in [6.07, 6.45) is -0.556. The Hall–Kier alpha value is -1.72. The second-order valence-electron chi connectivity index (χ2n) is 6.65. The topological polar surface area (TPSA) is 274 Å². The molecule has 0 radical (unpaired) electrons. The quantitative estimate of drug-likeness (QED) is 0.110. The van der Waals surface area contributed by atoms with Gasteiger partial charge in [0.2, 0.25) is 0 Å². The minimum absolute atomic E-state index is 0.517. The number of phosphoric ester groups is 1. The molecule has 6 N–H and O–H groups in total. The summed E-state index contributed by atoms with van der Waals surface area (Å²) < 4.78 is 65.3. The molecule has 2 unspecified atom stereocenters. The summed E-state index contributed by atoms with van der Waals surface area (Å²) in [5.41, 5.74) is -7.48. The first-order valence-corrected chi connectivity index (χ1v) is 13.0. The van der Waals surface area contributed by atoms with Gasteiger partial charge in [-0.1, -0.05) is 17.8 Å². The molecular formula is C12H17FN3O15P3. The van der Waals surface area contributed by atoms with E-state index in [4.69, 9.17) is 14.5 Å². The van der Waals surface area contributed by atoms with Crippen LogP contribution in [0.5, 0.6) is 0 Å². The monoisotopic (exact) mass is 555 g/mol. The number of H-pyrrole nitrogens is 1. The summed E-state index contributed by atoms with van der Waals surface area (Å²) >= 11 is 0. The highest BCUT2D eigenvalue weighted by Crippen LogP contribution is 2.66. The summed E-state index contributed by atoms with van der Waals surface area (Å²) in [5.74, 6) is 0. The van der Waals surface area contributed by atoms with Crippen LogP contribution in [-0.4, -0.2) is 64.8 Å². The van der Waals surface area contributed by atoms with E-state index >= 15 is 0 Å². The average Bonchev–Trinajstić information content (AvgIpc) is 2.93. The molecule has 6 atom stereocenters. The zero-order chi connectivity index (χ0) is 26.2. The van der Waals surface area contributed by atoms with Crippen LogP contribution >= 0.6 is 23.5 Å². The molecule has 1 fully saturated rings. The van der Waals surface area contributed by atoms with Crippen LogP contribution in [0.4, 0.5) is 4.39 Å². The third-order valence-electron chi connectivity index (χ3n) is 4.33. The molecule has 1 aromatic heterocycles. The number of halogens is 1. The van der Waals surface area contributed by atoms with E-state index in [0.717, 1.165) is 12.3 Å². The van der Waals surface area contributed by atoms with Gasteiger partial charge in [-0.3, -0.25) is 18.9 Å². The number of nitroso groups, excluding NO2 is 1. The molecule has 1 aromatic rings. The summed E-state index contributed by atoms with van der Waals surface area (Å²) in [6, 6.07) is -1.43. The smallest absolute Gasteiger partial charge is 0.378 e. The maximum atomic E-state index is 14.1. The van der Waals surface area contributed by atoms with Crippen molar-refractivity contribution >= 4 is 23.5 Å². The van der Waals surface area contributed by atoms with Crippen LogP contribution in [0.1, 0.15) is 6.23 Å². The molecule has 1 saturated heterocycles. The highest BCUT2D eigenvalue weighted by Gasteiger charge is 2.65. The number of ether oxygens (including phenoxy) is 1. The third-order valence-corrected chi connectivity index (χ3v) is 8.11. The molecule has 2 rings (SSSR count). The van der Waals surface area contributed by atoms with Crippen molar-refractivity contribution in [1.29, 1.82) is 0 Å². The van der Waals surface area contributed by atoms with Gasteiger partial charge in [0.05, 0.1) is 6.61 Å². The fraction of sp³-hybridized carbons (Fsp3) is 0.500. The first kappa shape index (κ1) is 28.5. The maximum Gasteiger partial charge on any atom is 0.490 e. The standard InChI is InChI=1S/C12H17FN3O15P3/c1-2-12(19)8(15-20)11(5-13,29-9(12)16-4-3-7(17)14-10(16)18)6-28-33(24,25)31-34(26,27)30-32(21,22)23/h2-4,8-9,19H,1,5-6H2,(H,24,25)(H,26,27)(H,14,17,18)(H2,21,22,23)/t8-,9-,11-,12-/m1/s1. The van der Waals surface area contributed by atoms with Crippen molar-refractivity contribution in [3.05, 3.63) is 50.7 Å². The molecule has 0 saturated carbocycles. The molecule has 22 heteroatoms. The lowest BCUT2D eigenvalue weighted by atomic mass is 9.85. The Labute approximate surface area is 187 Å². The van der Waals surface area contributed by atoms with E-state index in [-0.39, 0.29) is 0 Å². The number of hydrogen-bond acceptors (Lipinski definition) is 12. The Kier molecular flexibility index (Phi) is 8.16. The number of rotatable bonds is 11. The van der Waals surface area contributed by atoms with Gasteiger partial charge in [-0.05, 0) is 0 Å². The van der Waals surface area contributed by atoms with E-state index in [9.17, 15) is 47.5 Å². The average molecular weight is 555 g/mol. The molecule has 0 amide bonds. The molecular weight excluding hydrogens is 538 g/mol. The summed E-state index contributed by atoms with van der Waals surface area (Å²) in [7, 11) is -17.4. The van der Waals surface area contributed by atoms with Crippen LogP contribution in [0.3, 0.4) is 0 Å². The summed E-state index contributed by atoms with van der Waals surface area (Å²) in [5, 5.41) is 13.4. The van der Waals surface area contributed by atoms with E-state index in [1.807, 2.05) is 4.98 Å². The van der Waals surface area contributed by atoms with Crippen molar-refractivity contribution in [2.75, 3.05) is 13.3 Å². The Morgan fingerprint density at radius 2 is 1.85 bits per heavy atom. The summed E-state index contributed by atoms with van der Waals surface area (Å²) in [4.78, 5) is 72.6. The normalized spacial score (nSPS) is 30.9. The van der Waals surface area contributed by atoms with Crippen molar-refractivity contribution in [1.82, 2.24) is 9.55 Å². The molecule has 0 aromatic carbocycles. The molecule has 1 aliphatic heterocycles. The van der Waals surface area contributed by atoms with E-state index < -0.39 is 71.5 Å². The Morgan fingerprint density at radius 1 is 1.24 bits per heavy atom.